The second-order valence-electron chi connectivity index (χ2n) is 7.89. The van der Waals surface area contributed by atoms with E-state index in [2.05, 4.69) is 5.32 Å². The number of carbonyl (C=O) groups excluding carboxylic acids is 2. The van der Waals surface area contributed by atoms with E-state index in [0.29, 0.717) is 22.8 Å². The molecule has 8 heteroatoms. The minimum Gasteiger partial charge on any atom is -0.497 e. The van der Waals surface area contributed by atoms with Gasteiger partial charge in [0.15, 0.2) is 0 Å². The van der Waals surface area contributed by atoms with Crippen molar-refractivity contribution in [1.29, 1.82) is 0 Å². The van der Waals surface area contributed by atoms with Crippen LogP contribution in [0.25, 0.3) is 0 Å². The fourth-order valence-corrected chi connectivity index (χ4v) is 4.93. The summed E-state index contributed by atoms with van der Waals surface area (Å²) < 4.78 is 19.5. The molecular formula is C27H28ClFN2O3S. The fourth-order valence-electron chi connectivity index (χ4n) is 3.68. The Labute approximate surface area is 214 Å². The van der Waals surface area contributed by atoms with Crippen molar-refractivity contribution < 1.29 is 18.7 Å². The van der Waals surface area contributed by atoms with E-state index >= 15 is 0 Å². The molecule has 1 atom stereocenters. The van der Waals surface area contributed by atoms with Gasteiger partial charge in [-0.2, -0.15) is 0 Å². The molecule has 1 N–H and O–H groups in total. The van der Waals surface area contributed by atoms with Crippen molar-refractivity contribution >= 4 is 35.2 Å². The summed E-state index contributed by atoms with van der Waals surface area (Å²) in [5.41, 5.74) is 2.13. The van der Waals surface area contributed by atoms with Crippen molar-refractivity contribution in [1.82, 2.24) is 10.2 Å². The van der Waals surface area contributed by atoms with Crippen LogP contribution in [-0.4, -0.2) is 42.7 Å². The SMILES string of the molecule is CNC(=O)[C@@H](Cc1ccccc1)N(Cc1cccc(OC)c1)C(=O)CSCc1c(F)cccc1Cl. The van der Waals surface area contributed by atoms with Crippen molar-refractivity contribution in [3.05, 3.63) is 100 Å². The maximum absolute atomic E-state index is 14.2. The van der Waals surface area contributed by atoms with Crippen LogP contribution in [0.4, 0.5) is 4.39 Å². The standard InChI is InChI=1S/C27H28ClFN2O3S/c1-30-27(33)25(15-19-8-4-3-5-9-19)31(16-20-10-6-11-21(14-20)34-2)26(32)18-35-17-22-23(28)12-7-13-24(22)29/h3-14,25H,15-18H2,1-2H3,(H,30,33)/t25-/m1/s1. The fraction of sp³-hybridized carbons (Fsp3) is 0.259. The number of carbonyl (C=O) groups is 2. The molecule has 0 saturated carbocycles. The summed E-state index contributed by atoms with van der Waals surface area (Å²) in [5, 5.41) is 3.02. The van der Waals surface area contributed by atoms with Gasteiger partial charge in [-0.25, -0.2) is 4.39 Å². The van der Waals surface area contributed by atoms with Crippen molar-refractivity contribution in [2.75, 3.05) is 19.9 Å². The second kappa shape index (κ2) is 13.2. The zero-order valence-electron chi connectivity index (χ0n) is 19.7. The van der Waals surface area contributed by atoms with E-state index in [-0.39, 0.29) is 29.9 Å². The zero-order valence-corrected chi connectivity index (χ0v) is 21.2. The smallest absolute Gasteiger partial charge is 0.242 e. The van der Waals surface area contributed by atoms with Crippen molar-refractivity contribution in [3.8, 4) is 5.75 Å². The maximum Gasteiger partial charge on any atom is 0.242 e. The zero-order chi connectivity index (χ0) is 25.2. The molecule has 0 aliphatic heterocycles. The Kier molecular flexibility index (Phi) is 9.99. The molecule has 0 heterocycles. The number of ether oxygens (including phenoxy) is 1. The molecule has 35 heavy (non-hydrogen) atoms. The molecule has 0 aliphatic rings. The number of rotatable bonds is 11. The molecule has 3 aromatic carbocycles. The molecule has 3 aromatic rings. The van der Waals surface area contributed by atoms with Gasteiger partial charge in [0.25, 0.3) is 0 Å². The van der Waals surface area contributed by atoms with Gasteiger partial charge in [0, 0.05) is 36.4 Å². The Balaban J connectivity index is 1.84. The first-order valence-corrected chi connectivity index (χ1v) is 12.6. The minimum atomic E-state index is -0.723. The molecule has 0 aromatic heterocycles. The van der Waals surface area contributed by atoms with Crippen LogP contribution >= 0.6 is 23.4 Å². The van der Waals surface area contributed by atoms with Crippen LogP contribution < -0.4 is 10.1 Å². The topological polar surface area (TPSA) is 58.6 Å². The molecule has 0 unspecified atom stereocenters. The Morgan fingerprint density at radius 1 is 1.06 bits per heavy atom. The Bertz CT molecular complexity index is 1130. The first-order chi connectivity index (χ1) is 16.9. The number of hydrogen-bond acceptors (Lipinski definition) is 4. The van der Waals surface area contributed by atoms with Gasteiger partial charge in [0.2, 0.25) is 11.8 Å². The predicted molar refractivity (Wildman–Crippen MR) is 139 cm³/mol. The van der Waals surface area contributed by atoms with E-state index in [4.69, 9.17) is 16.3 Å². The van der Waals surface area contributed by atoms with Crippen LogP contribution in [0.1, 0.15) is 16.7 Å². The first kappa shape index (κ1) is 26.6. The summed E-state index contributed by atoms with van der Waals surface area (Å²) in [7, 11) is 3.14. The Morgan fingerprint density at radius 3 is 2.46 bits per heavy atom. The van der Waals surface area contributed by atoms with E-state index in [1.807, 2.05) is 54.6 Å². The lowest BCUT2D eigenvalue weighted by Crippen LogP contribution is -2.50. The number of nitrogens with one attached hydrogen (secondary N) is 1. The lowest BCUT2D eigenvalue weighted by molar-refractivity contribution is -0.139. The van der Waals surface area contributed by atoms with E-state index in [1.165, 1.54) is 17.8 Å². The summed E-state index contributed by atoms with van der Waals surface area (Å²) >= 11 is 7.39. The molecule has 0 aliphatic carbocycles. The molecule has 184 valence electrons. The van der Waals surface area contributed by atoms with Gasteiger partial charge >= 0.3 is 0 Å². The van der Waals surface area contributed by atoms with Gasteiger partial charge in [-0.3, -0.25) is 9.59 Å². The van der Waals surface area contributed by atoms with Crippen LogP contribution in [0.5, 0.6) is 5.75 Å². The first-order valence-electron chi connectivity index (χ1n) is 11.1. The highest BCUT2D eigenvalue weighted by Gasteiger charge is 2.29. The van der Waals surface area contributed by atoms with E-state index in [1.54, 1.807) is 31.2 Å². The van der Waals surface area contributed by atoms with Gasteiger partial charge in [0.05, 0.1) is 12.9 Å². The van der Waals surface area contributed by atoms with Gasteiger partial charge in [0.1, 0.15) is 17.6 Å². The molecule has 3 rings (SSSR count). The number of likely N-dealkylation sites (N-methyl/N-ethyl adjacent to an activating group) is 1. The van der Waals surface area contributed by atoms with Crippen LogP contribution in [0.3, 0.4) is 0 Å². The van der Waals surface area contributed by atoms with Gasteiger partial charge < -0.3 is 15.0 Å². The number of methoxy groups -OCH3 is 1. The maximum atomic E-state index is 14.2. The van der Waals surface area contributed by atoms with Crippen LogP contribution in [0, 0.1) is 5.82 Å². The number of benzene rings is 3. The highest BCUT2D eigenvalue weighted by molar-refractivity contribution is 7.99. The number of hydrogen-bond donors (Lipinski definition) is 1. The van der Waals surface area contributed by atoms with E-state index < -0.39 is 11.9 Å². The molecule has 0 saturated heterocycles. The molecule has 5 nitrogen and oxygen atoms in total. The van der Waals surface area contributed by atoms with Gasteiger partial charge in [-0.1, -0.05) is 60.1 Å². The Hall–Kier alpha value is -3.03. The molecule has 0 radical (unpaired) electrons. The molecule has 0 spiro atoms. The number of nitrogens with zero attached hydrogens (tertiary/aromatic N) is 1. The Morgan fingerprint density at radius 2 is 1.77 bits per heavy atom. The predicted octanol–water partition coefficient (Wildman–Crippen LogP) is 5.11. The summed E-state index contributed by atoms with van der Waals surface area (Å²) in [6.07, 6.45) is 0.361. The minimum absolute atomic E-state index is 0.0664. The van der Waals surface area contributed by atoms with Gasteiger partial charge in [-0.05, 0) is 35.4 Å². The number of amides is 2. The highest BCUT2D eigenvalue weighted by atomic mass is 35.5. The van der Waals surface area contributed by atoms with Crippen LogP contribution in [0.2, 0.25) is 5.02 Å². The number of thioether (sulfide) groups is 1. The summed E-state index contributed by atoms with van der Waals surface area (Å²) in [4.78, 5) is 28.0. The lowest BCUT2D eigenvalue weighted by Gasteiger charge is -2.31. The monoisotopic (exact) mass is 514 g/mol. The van der Waals surface area contributed by atoms with Crippen LogP contribution in [0.15, 0.2) is 72.8 Å². The summed E-state index contributed by atoms with van der Waals surface area (Å²) in [6.45, 7) is 0.224. The quantitative estimate of drug-likeness (QED) is 0.386. The second-order valence-corrected chi connectivity index (χ2v) is 9.28. The van der Waals surface area contributed by atoms with Crippen LogP contribution in [-0.2, 0) is 28.3 Å². The summed E-state index contributed by atoms with van der Waals surface area (Å²) in [6, 6.07) is 20.8. The lowest BCUT2D eigenvalue weighted by atomic mass is 10.0. The highest BCUT2D eigenvalue weighted by Crippen LogP contribution is 2.25. The third kappa shape index (κ3) is 7.47. The third-order valence-electron chi connectivity index (χ3n) is 5.54. The average Bonchev–Trinajstić information content (AvgIpc) is 2.88. The number of halogens is 2. The molecule has 2 amide bonds. The van der Waals surface area contributed by atoms with E-state index in [9.17, 15) is 14.0 Å². The molecule has 0 bridgehead atoms. The largest absolute Gasteiger partial charge is 0.497 e. The van der Waals surface area contributed by atoms with Crippen molar-refractivity contribution in [2.24, 2.45) is 0 Å². The summed E-state index contributed by atoms with van der Waals surface area (Å²) in [5.74, 6) is 0.0860. The molecular weight excluding hydrogens is 487 g/mol. The van der Waals surface area contributed by atoms with E-state index in [0.717, 1.165) is 11.1 Å². The van der Waals surface area contributed by atoms with Crippen molar-refractivity contribution in [3.63, 3.8) is 0 Å². The van der Waals surface area contributed by atoms with Crippen molar-refractivity contribution in [2.45, 2.75) is 24.8 Å². The normalized spacial score (nSPS) is 11.5. The third-order valence-corrected chi connectivity index (χ3v) is 6.84. The molecule has 0 fully saturated rings. The van der Waals surface area contributed by atoms with Gasteiger partial charge in [-0.15, -0.1) is 11.8 Å². The average molecular weight is 515 g/mol.